The highest BCUT2D eigenvalue weighted by atomic mass is 32.2. The van der Waals surface area contributed by atoms with Gasteiger partial charge >= 0.3 is 0 Å². The summed E-state index contributed by atoms with van der Waals surface area (Å²) >= 11 is 2.95. The number of thioether (sulfide) groups is 1. The van der Waals surface area contributed by atoms with E-state index in [9.17, 15) is 4.79 Å². The molecule has 0 fully saturated rings. The highest BCUT2D eigenvalue weighted by molar-refractivity contribution is 8.00. The number of anilines is 1. The molecule has 0 saturated heterocycles. The smallest absolute Gasteiger partial charge is 0.237 e. The normalized spacial score (nSPS) is 11.2. The van der Waals surface area contributed by atoms with Gasteiger partial charge in [0.05, 0.1) is 21.7 Å². The molecule has 0 aliphatic heterocycles. The maximum absolute atomic E-state index is 12.0. The van der Waals surface area contributed by atoms with Crippen LogP contribution in [0.4, 0.5) is 5.88 Å². The number of hydrogen-bond donors (Lipinski definition) is 1. The monoisotopic (exact) mass is 334 g/mol. The van der Waals surface area contributed by atoms with Crippen molar-refractivity contribution in [3.8, 4) is 0 Å². The SMILES string of the molecule is CC(C)c1cc(NC(=O)CSc2ncnc3ccsc23)on1. The van der Waals surface area contributed by atoms with Crippen molar-refractivity contribution in [2.45, 2.75) is 24.8 Å². The van der Waals surface area contributed by atoms with Crippen LogP contribution in [0.5, 0.6) is 0 Å². The summed E-state index contributed by atoms with van der Waals surface area (Å²) in [5.41, 5.74) is 1.72. The van der Waals surface area contributed by atoms with E-state index in [1.807, 2.05) is 25.3 Å². The molecule has 8 heteroatoms. The topological polar surface area (TPSA) is 80.9 Å². The second-order valence-corrected chi connectivity index (χ2v) is 6.80. The van der Waals surface area contributed by atoms with E-state index in [4.69, 9.17) is 4.52 Å². The van der Waals surface area contributed by atoms with Crippen molar-refractivity contribution in [2.24, 2.45) is 0 Å². The molecule has 114 valence electrons. The molecule has 0 radical (unpaired) electrons. The zero-order valence-corrected chi connectivity index (χ0v) is 13.7. The molecule has 0 aromatic carbocycles. The molecule has 3 aromatic rings. The van der Waals surface area contributed by atoms with Gasteiger partial charge in [0, 0.05) is 6.07 Å². The van der Waals surface area contributed by atoms with Crippen LogP contribution in [0.15, 0.2) is 33.4 Å². The third kappa shape index (κ3) is 3.28. The Bertz CT molecular complexity index is 797. The first kappa shape index (κ1) is 15.0. The van der Waals surface area contributed by atoms with Crippen molar-refractivity contribution in [2.75, 3.05) is 11.1 Å². The summed E-state index contributed by atoms with van der Waals surface area (Å²) in [6.07, 6.45) is 1.51. The van der Waals surface area contributed by atoms with Gasteiger partial charge in [-0.25, -0.2) is 9.97 Å². The van der Waals surface area contributed by atoms with Crippen LogP contribution in [0.25, 0.3) is 10.2 Å². The van der Waals surface area contributed by atoms with Gasteiger partial charge < -0.3 is 4.52 Å². The van der Waals surface area contributed by atoms with Gasteiger partial charge in [-0.3, -0.25) is 10.1 Å². The van der Waals surface area contributed by atoms with Gasteiger partial charge in [0.2, 0.25) is 11.8 Å². The van der Waals surface area contributed by atoms with Gasteiger partial charge in [0.25, 0.3) is 0 Å². The molecule has 0 aliphatic rings. The van der Waals surface area contributed by atoms with Crippen LogP contribution < -0.4 is 5.32 Å². The number of thiophene rings is 1. The predicted octanol–water partition coefficient (Wildman–Crippen LogP) is 3.53. The number of hydrogen-bond acceptors (Lipinski definition) is 7. The van der Waals surface area contributed by atoms with Crippen molar-refractivity contribution >= 4 is 45.1 Å². The molecular weight excluding hydrogens is 320 g/mol. The lowest BCUT2D eigenvalue weighted by Gasteiger charge is -2.02. The maximum Gasteiger partial charge on any atom is 0.237 e. The Balaban J connectivity index is 1.61. The lowest BCUT2D eigenvalue weighted by Crippen LogP contribution is -2.13. The maximum atomic E-state index is 12.0. The zero-order valence-electron chi connectivity index (χ0n) is 12.1. The lowest BCUT2D eigenvalue weighted by atomic mass is 10.1. The van der Waals surface area contributed by atoms with E-state index >= 15 is 0 Å². The highest BCUT2D eigenvalue weighted by Crippen LogP contribution is 2.28. The number of fused-ring (bicyclic) bond motifs is 1. The molecule has 0 saturated carbocycles. The van der Waals surface area contributed by atoms with Gasteiger partial charge in [-0.15, -0.1) is 11.3 Å². The molecule has 0 bridgehead atoms. The summed E-state index contributed by atoms with van der Waals surface area (Å²) in [5, 5.41) is 9.39. The first-order chi connectivity index (χ1) is 10.6. The van der Waals surface area contributed by atoms with Crippen LogP contribution in [-0.4, -0.2) is 26.8 Å². The number of carbonyl (C=O) groups is 1. The Morgan fingerprint density at radius 2 is 2.32 bits per heavy atom. The first-order valence-electron chi connectivity index (χ1n) is 6.71. The summed E-state index contributed by atoms with van der Waals surface area (Å²) < 4.78 is 6.09. The van der Waals surface area contributed by atoms with E-state index in [1.165, 1.54) is 18.1 Å². The van der Waals surface area contributed by atoms with Gasteiger partial charge in [0.1, 0.15) is 11.4 Å². The summed E-state index contributed by atoms with van der Waals surface area (Å²) in [7, 11) is 0. The largest absolute Gasteiger partial charge is 0.338 e. The zero-order chi connectivity index (χ0) is 15.5. The third-order valence-electron chi connectivity index (χ3n) is 2.93. The Labute approximate surface area is 135 Å². The first-order valence-corrected chi connectivity index (χ1v) is 8.57. The third-order valence-corrected chi connectivity index (χ3v) is 4.96. The van der Waals surface area contributed by atoms with Crippen LogP contribution >= 0.6 is 23.1 Å². The number of rotatable bonds is 5. The summed E-state index contributed by atoms with van der Waals surface area (Å²) in [4.78, 5) is 20.4. The van der Waals surface area contributed by atoms with Crippen LogP contribution in [0.3, 0.4) is 0 Å². The van der Waals surface area contributed by atoms with Crippen molar-refractivity contribution in [3.05, 3.63) is 29.5 Å². The van der Waals surface area contributed by atoms with Gasteiger partial charge in [-0.2, -0.15) is 0 Å². The van der Waals surface area contributed by atoms with Crippen LogP contribution in [0.2, 0.25) is 0 Å². The molecule has 1 N–H and O–H groups in total. The fourth-order valence-electron chi connectivity index (χ4n) is 1.80. The second kappa shape index (κ2) is 6.45. The van der Waals surface area contributed by atoms with Crippen LogP contribution in [0, 0.1) is 0 Å². The minimum absolute atomic E-state index is 0.153. The molecular formula is C14H14N4O2S2. The lowest BCUT2D eigenvalue weighted by molar-refractivity contribution is -0.113. The molecule has 3 heterocycles. The average molecular weight is 334 g/mol. The average Bonchev–Trinajstić information content (AvgIpc) is 3.13. The minimum Gasteiger partial charge on any atom is -0.338 e. The summed E-state index contributed by atoms with van der Waals surface area (Å²) in [6, 6.07) is 3.68. The number of carbonyl (C=O) groups excluding carboxylic acids is 1. The molecule has 0 aliphatic carbocycles. The van der Waals surface area contributed by atoms with Gasteiger partial charge in [-0.1, -0.05) is 30.8 Å². The molecule has 6 nitrogen and oxygen atoms in total. The Hall–Kier alpha value is -1.93. The molecule has 3 rings (SSSR count). The van der Waals surface area contributed by atoms with Gasteiger partial charge in [0.15, 0.2) is 0 Å². The Morgan fingerprint density at radius 1 is 1.45 bits per heavy atom. The molecule has 0 spiro atoms. The number of nitrogens with zero attached hydrogens (tertiary/aromatic N) is 3. The Morgan fingerprint density at radius 3 is 3.09 bits per heavy atom. The van der Waals surface area contributed by atoms with Crippen molar-refractivity contribution < 1.29 is 9.32 Å². The fraction of sp³-hybridized carbons (Fsp3) is 0.286. The number of amides is 1. The minimum atomic E-state index is -0.153. The summed E-state index contributed by atoms with van der Waals surface area (Å²) in [6.45, 7) is 4.03. The highest BCUT2D eigenvalue weighted by Gasteiger charge is 2.12. The second-order valence-electron chi connectivity index (χ2n) is 4.92. The van der Waals surface area contributed by atoms with Crippen molar-refractivity contribution in [3.63, 3.8) is 0 Å². The standard InChI is InChI=1S/C14H14N4O2S2/c1-8(2)10-5-12(20-18-10)17-11(19)6-22-14-13-9(3-4-21-13)15-7-16-14/h3-5,7-8H,6H2,1-2H3,(H,17,19). The summed E-state index contributed by atoms with van der Waals surface area (Å²) in [5.74, 6) is 0.733. The van der Waals surface area contributed by atoms with Gasteiger partial charge in [-0.05, 0) is 17.4 Å². The fourth-order valence-corrected chi connectivity index (χ4v) is 3.54. The van der Waals surface area contributed by atoms with Crippen molar-refractivity contribution in [1.29, 1.82) is 0 Å². The van der Waals surface area contributed by atoms with E-state index < -0.39 is 0 Å². The van der Waals surface area contributed by atoms with E-state index in [0.29, 0.717) is 5.88 Å². The van der Waals surface area contributed by atoms with Crippen molar-refractivity contribution in [1.82, 2.24) is 15.1 Å². The van der Waals surface area contributed by atoms with E-state index in [2.05, 4.69) is 20.4 Å². The van der Waals surface area contributed by atoms with E-state index in [0.717, 1.165) is 20.9 Å². The quantitative estimate of drug-likeness (QED) is 0.568. The molecule has 3 aromatic heterocycles. The molecule has 1 amide bonds. The molecule has 22 heavy (non-hydrogen) atoms. The van der Waals surface area contributed by atoms with Crippen LogP contribution in [0.1, 0.15) is 25.5 Å². The molecule has 0 unspecified atom stereocenters. The molecule has 0 atom stereocenters. The van der Waals surface area contributed by atoms with E-state index in [1.54, 1.807) is 17.4 Å². The predicted molar refractivity (Wildman–Crippen MR) is 87.4 cm³/mol. The van der Waals surface area contributed by atoms with Crippen LogP contribution in [-0.2, 0) is 4.79 Å². The Kier molecular flexibility index (Phi) is 4.39. The van der Waals surface area contributed by atoms with E-state index in [-0.39, 0.29) is 17.6 Å². The number of aromatic nitrogens is 3. The number of nitrogens with one attached hydrogen (secondary N) is 1.